The van der Waals surface area contributed by atoms with E-state index in [9.17, 15) is 5.11 Å². The molecule has 1 aromatic heterocycles. The van der Waals surface area contributed by atoms with Crippen LogP contribution in [0.5, 0.6) is 5.88 Å². The van der Waals surface area contributed by atoms with E-state index in [1.807, 2.05) is 42.5 Å². The van der Waals surface area contributed by atoms with E-state index in [1.165, 1.54) is 25.7 Å². The van der Waals surface area contributed by atoms with Gasteiger partial charge in [0, 0.05) is 20.9 Å². The molecule has 0 radical (unpaired) electrons. The molecular weight excluding hydrogens is 478 g/mol. The molecule has 172 valence electrons. The molecule has 2 N–H and O–H groups in total. The van der Waals surface area contributed by atoms with Crippen LogP contribution in [0.4, 0.5) is 5.69 Å². The number of para-hydroxylation sites is 1. The number of fused-ring (bicyclic) bond motifs is 2. The van der Waals surface area contributed by atoms with Gasteiger partial charge in [-0.05, 0) is 61.3 Å². The molecular formula is C27H30BrN3O2. The van der Waals surface area contributed by atoms with E-state index in [4.69, 9.17) is 9.83 Å². The van der Waals surface area contributed by atoms with E-state index >= 15 is 0 Å². The van der Waals surface area contributed by atoms with E-state index in [-0.39, 0.29) is 5.88 Å². The van der Waals surface area contributed by atoms with Gasteiger partial charge in [0.1, 0.15) is 18.0 Å². The van der Waals surface area contributed by atoms with Gasteiger partial charge in [-0.15, -0.1) is 0 Å². The highest BCUT2D eigenvalue weighted by molar-refractivity contribution is 9.10. The summed E-state index contributed by atoms with van der Waals surface area (Å²) in [6.07, 6.45) is 6.35. The summed E-state index contributed by atoms with van der Waals surface area (Å²) in [5.74, 6) is 2.39. The third-order valence-electron chi connectivity index (χ3n) is 7.28. The maximum Gasteiger partial charge on any atom is 0.199 e. The molecule has 5 rings (SSSR count). The van der Waals surface area contributed by atoms with Crippen LogP contribution in [-0.4, -0.2) is 28.1 Å². The lowest BCUT2D eigenvalue weighted by Gasteiger charge is -2.30. The molecule has 5 nitrogen and oxygen atoms in total. The number of rotatable bonds is 6. The van der Waals surface area contributed by atoms with Gasteiger partial charge >= 0.3 is 0 Å². The third kappa shape index (κ3) is 4.45. The number of benzene rings is 2. The number of aromatic nitrogens is 1. The van der Waals surface area contributed by atoms with Crippen LogP contribution in [-0.2, 0) is 4.84 Å². The zero-order valence-electron chi connectivity index (χ0n) is 19.1. The predicted octanol–water partition coefficient (Wildman–Crippen LogP) is 7.34. The second-order valence-electron chi connectivity index (χ2n) is 9.58. The SMILES string of the molecule is CC1CCC(C(C)CCO/N=C2/C(c3c(O)[nH]c4ccc(Br)cc34)=Nc3ccccc32)CC1. The van der Waals surface area contributed by atoms with Crippen molar-refractivity contribution in [2.75, 3.05) is 6.61 Å². The van der Waals surface area contributed by atoms with E-state index < -0.39 is 0 Å². The van der Waals surface area contributed by atoms with Crippen molar-refractivity contribution in [2.45, 2.75) is 46.0 Å². The maximum absolute atomic E-state index is 10.7. The summed E-state index contributed by atoms with van der Waals surface area (Å²) in [4.78, 5) is 13.7. The quantitative estimate of drug-likeness (QED) is 0.270. The number of aromatic hydroxyl groups is 1. The molecule has 1 aliphatic heterocycles. The van der Waals surface area contributed by atoms with Crippen molar-refractivity contribution in [1.29, 1.82) is 0 Å². The van der Waals surface area contributed by atoms with Crippen molar-refractivity contribution in [1.82, 2.24) is 4.98 Å². The van der Waals surface area contributed by atoms with Crippen molar-refractivity contribution in [3.8, 4) is 5.88 Å². The largest absolute Gasteiger partial charge is 0.494 e. The first kappa shape index (κ1) is 22.2. The lowest BCUT2D eigenvalue weighted by molar-refractivity contribution is 0.112. The van der Waals surface area contributed by atoms with Crippen LogP contribution in [0, 0.1) is 17.8 Å². The summed E-state index contributed by atoms with van der Waals surface area (Å²) in [7, 11) is 0. The van der Waals surface area contributed by atoms with Crippen LogP contribution in [0.3, 0.4) is 0 Å². The molecule has 3 aromatic rings. The Kier molecular flexibility index (Phi) is 6.28. The summed E-state index contributed by atoms with van der Waals surface area (Å²) in [6, 6.07) is 13.8. The van der Waals surface area contributed by atoms with Gasteiger partial charge in [0.05, 0.1) is 11.3 Å². The van der Waals surface area contributed by atoms with Crippen LogP contribution in [0.25, 0.3) is 10.9 Å². The number of nitrogens with zero attached hydrogens (tertiary/aromatic N) is 2. The summed E-state index contributed by atoms with van der Waals surface area (Å²) in [6.45, 7) is 5.29. The van der Waals surface area contributed by atoms with Gasteiger partial charge in [0.15, 0.2) is 5.88 Å². The van der Waals surface area contributed by atoms with Crippen LogP contribution < -0.4 is 0 Å². The molecule has 6 heteroatoms. The van der Waals surface area contributed by atoms with Crippen LogP contribution in [0.1, 0.15) is 57.1 Å². The van der Waals surface area contributed by atoms with Gasteiger partial charge in [0.2, 0.25) is 0 Å². The normalized spacial score (nSPS) is 22.4. The van der Waals surface area contributed by atoms with E-state index in [1.54, 1.807) is 0 Å². The van der Waals surface area contributed by atoms with E-state index in [0.29, 0.717) is 29.5 Å². The topological polar surface area (TPSA) is 70.0 Å². The standard InChI is InChI=1S/C27H30BrN3O2/c1-16-7-9-18(10-8-16)17(2)13-14-33-31-25-20-5-3-4-6-22(20)29-26(25)24-21-15-19(28)11-12-23(21)30-27(24)32/h3-6,11-12,15-18,30,32H,7-10,13-14H2,1-2H3/b31-25+. The second-order valence-corrected chi connectivity index (χ2v) is 10.5. The van der Waals surface area contributed by atoms with Crippen LogP contribution in [0.2, 0.25) is 0 Å². The number of H-pyrrole nitrogens is 1. The minimum absolute atomic E-state index is 0.0857. The molecule has 1 aliphatic carbocycles. The fourth-order valence-electron chi connectivity index (χ4n) is 5.17. The molecule has 0 saturated heterocycles. The lowest BCUT2D eigenvalue weighted by atomic mass is 9.76. The summed E-state index contributed by atoms with van der Waals surface area (Å²) in [5.41, 5.74) is 4.55. The molecule has 1 fully saturated rings. The van der Waals surface area contributed by atoms with E-state index in [2.05, 4.69) is 39.9 Å². The summed E-state index contributed by atoms with van der Waals surface area (Å²) >= 11 is 3.54. The van der Waals surface area contributed by atoms with Crippen molar-refractivity contribution in [3.05, 3.63) is 58.1 Å². The zero-order chi connectivity index (χ0) is 22.9. The molecule has 0 amide bonds. The summed E-state index contributed by atoms with van der Waals surface area (Å²) < 4.78 is 0.937. The second kappa shape index (κ2) is 9.34. The minimum atomic E-state index is 0.0857. The molecule has 2 aliphatic rings. The molecule has 1 unspecified atom stereocenters. The number of aliphatic imine (C=N–C) groups is 1. The lowest BCUT2D eigenvalue weighted by Crippen LogP contribution is -2.20. The van der Waals surface area contributed by atoms with Gasteiger partial charge < -0.3 is 14.9 Å². The first-order valence-corrected chi connectivity index (χ1v) is 12.7. The molecule has 0 spiro atoms. The smallest absolute Gasteiger partial charge is 0.199 e. The number of oxime groups is 1. The predicted molar refractivity (Wildman–Crippen MR) is 138 cm³/mol. The molecule has 2 heterocycles. The van der Waals surface area contributed by atoms with Gasteiger partial charge in [-0.25, -0.2) is 4.99 Å². The number of halogens is 1. The van der Waals surface area contributed by atoms with Crippen LogP contribution in [0.15, 0.2) is 57.1 Å². The average molecular weight is 508 g/mol. The first-order chi connectivity index (χ1) is 16.0. The highest BCUT2D eigenvalue weighted by Gasteiger charge is 2.29. The number of aromatic amines is 1. The molecule has 1 saturated carbocycles. The molecule has 0 bridgehead atoms. The van der Waals surface area contributed by atoms with Gasteiger partial charge in [-0.3, -0.25) is 0 Å². The van der Waals surface area contributed by atoms with Crippen molar-refractivity contribution >= 4 is 43.9 Å². The van der Waals surface area contributed by atoms with Crippen LogP contribution >= 0.6 is 15.9 Å². The maximum atomic E-state index is 10.7. The third-order valence-corrected chi connectivity index (χ3v) is 7.77. The Bertz CT molecular complexity index is 1220. The molecule has 1 atom stereocenters. The Morgan fingerprint density at radius 3 is 2.79 bits per heavy atom. The number of nitrogens with one attached hydrogen (secondary N) is 1. The Hall–Kier alpha value is -2.60. The Morgan fingerprint density at radius 2 is 1.97 bits per heavy atom. The van der Waals surface area contributed by atoms with E-state index in [0.717, 1.165) is 44.9 Å². The minimum Gasteiger partial charge on any atom is -0.494 e. The Labute approximate surface area is 203 Å². The highest BCUT2D eigenvalue weighted by atomic mass is 79.9. The van der Waals surface area contributed by atoms with Crippen molar-refractivity contribution < 1.29 is 9.94 Å². The fourth-order valence-corrected chi connectivity index (χ4v) is 5.53. The Balaban J connectivity index is 1.38. The van der Waals surface area contributed by atoms with Gasteiger partial charge in [0.25, 0.3) is 0 Å². The zero-order valence-corrected chi connectivity index (χ0v) is 20.7. The molecule has 33 heavy (non-hydrogen) atoms. The average Bonchev–Trinajstić information content (AvgIpc) is 3.33. The van der Waals surface area contributed by atoms with Gasteiger partial charge in [-0.2, -0.15) is 0 Å². The van der Waals surface area contributed by atoms with Gasteiger partial charge in [-0.1, -0.05) is 66.0 Å². The van der Waals surface area contributed by atoms with Crippen molar-refractivity contribution in [2.24, 2.45) is 27.9 Å². The fraction of sp³-hybridized carbons (Fsp3) is 0.407. The summed E-state index contributed by atoms with van der Waals surface area (Å²) in [5, 5.41) is 16.2. The Morgan fingerprint density at radius 1 is 1.18 bits per heavy atom. The van der Waals surface area contributed by atoms with Crippen molar-refractivity contribution in [3.63, 3.8) is 0 Å². The number of hydrogen-bond acceptors (Lipinski definition) is 4. The highest BCUT2D eigenvalue weighted by Crippen LogP contribution is 2.37. The number of hydrogen-bond donors (Lipinski definition) is 2. The first-order valence-electron chi connectivity index (χ1n) is 11.9. The molecule has 2 aromatic carbocycles. The monoisotopic (exact) mass is 507 g/mol.